The van der Waals surface area contributed by atoms with Crippen LogP contribution in [0.1, 0.15) is 17.2 Å². The number of nitrogens with one attached hydrogen (secondary N) is 1. The Morgan fingerprint density at radius 1 is 0.962 bits per heavy atom. The number of nitrogens with two attached hydrogens (primary N) is 1. The fourth-order valence-corrected chi connectivity index (χ4v) is 3.21. The van der Waals surface area contributed by atoms with Crippen LogP contribution < -0.4 is 10.5 Å². The molecular formula is C19H19N3O3S. The maximum atomic E-state index is 12.8. The van der Waals surface area contributed by atoms with Crippen molar-refractivity contribution < 1.29 is 13.2 Å². The summed E-state index contributed by atoms with van der Waals surface area (Å²) in [6.07, 6.45) is 3.69. The molecule has 0 spiro atoms. The summed E-state index contributed by atoms with van der Waals surface area (Å²) in [7, 11) is -3.72. The van der Waals surface area contributed by atoms with Crippen LogP contribution in [0.3, 0.4) is 0 Å². The first kappa shape index (κ1) is 17.9. The second kappa shape index (κ2) is 7.55. The van der Waals surface area contributed by atoms with Gasteiger partial charge >= 0.3 is 0 Å². The lowest BCUT2D eigenvalue weighted by molar-refractivity contribution is -0.123. The minimum atomic E-state index is -3.72. The molecule has 3 rings (SSSR count). The van der Waals surface area contributed by atoms with Crippen LogP contribution in [0.15, 0.2) is 84.0 Å². The van der Waals surface area contributed by atoms with Gasteiger partial charge in [0, 0.05) is 18.9 Å². The van der Waals surface area contributed by atoms with Crippen LogP contribution in [0.4, 0.5) is 0 Å². The van der Waals surface area contributed by atoms with E-state index in [1.807, 2.05) is 59.4 Å². The van der Waals surface area contributed by atoms with Gasteiger partial charge in [-0.3, -0.25) is 4.79 Å². The van der Waals surface area contributed by atoms with E-state index >= 15 is 0 Å². The molecule has 3 aromatic rings. The third-order valence-electron chi connectivity index (χ3n) is 4.01. The molecule has 0 saturated carbocycles. The lowest BCUT2D eigenvalue weighted by Crippen LogP contribution is -2.32. The number of benzene rings is 2. The lowest BCUT2D eigenvalue weighted by atomic mass is 10.1. The molecule has 1 heterocycles. The highest BCUT2D eigenvalue weighted by Gasteiger charge is 2.21. The molecule has 0 unspecified atom stereocenters. The van der Waals surface area contributed by atoms with Crippen molar-refractivity contribution in [3.05, 3.63) is 90.3 Å². The molecule has 0 aliphatic carbocycles. The van der Waals surface area contributed by atoms with Gasteiger partial charge in [-0.15, -0.1) is 0 Å². The third-order valence-corrected chi connectivity index (χ3v) is 4.94. The summed E-state index contributed by atoms with van der Waals surface area (Å²) in [6.45, 7) is 0.286. The maximum absolute atomic E-state index is 12.8. The molecule has 0 fully saturated rings. The number of aromatic nitrogens is 1. The van der Waals surface area contributed by atoms with E-state index in [0.29, 0.717) is 0 Å². The average Bonchev–Trinajstić information content (AvgIpc) is 3.15. The summed E-state index contributed by atoms with van der Waals surface area (Å²) in [5.74, 6) is -0.150. The number of hydrogen-bond acceptors (Lipinski definition) is 3. The van der Waals surface area contributed by atoms with E-state index in [-0.39, 0.29) is 17.3 Å². The summed E-state index contributed by atoms with van der Waals surface area (Å²) >= 11 is 0. The first-order valence-corrected chi connectivity index (χ1v) is 9.56. The predicted octanol–water partition coefficient (Wildman–Crippen LogP) is 2.04. The normalized spacial score (nSPS) is 12.5. The fourth-order valence-electron chi connectivity index (χ4n) is 2.70. The van der Waals surface area contributed by atoms with Crippen molar-refractivity contribution in [3.63, 3.8) is 0 Å². The van der Waals surface area contributed by atoms with Crippen molar-refractivity contribution in [2.45, 2.75) is 17.5 Å². The Kier molecular flexibility index (Phi) is 5.20. The number of carbonyl (C=O) groups is 1. The van der Waals surface area contributed by atoms with E-state index in [0.717, 1.165) is 11.1 Å². The molecule has 2 aromatic carbocycles. The van der Waals surface area contributed by atoms with Gasteiger partial charge in [0.15, 0.2) is 0 Å². The second-order valence-corrected chi connectivity index (χ2v) is 7.41. The van der Waals surface area contributed by atoms with Crippen LogP contribution in [0.2, 0.25) is 0 Å². The minimum Gasteiger partial charge on any atom is -0.350 e. The number of rotatable bonds is 6. The van der Waals surface area contributed by atoms with Crippen molar-refractivity contribution >= 4 is 15.9 Å². The van der Waals surface area contributed by atoms with Gasteiger partial charge in [0.1, 0.15) is 6.04 Å². The SMILES string of the molecule is NS(=O)(=O)c1ccc(CNC(=O)[C@H](c2ccccc2)n2cccc2)cc1. The van der Waals surface area contributed by atoms with Crippen LogP contribution in [-0.2, 0) is 21.4 Å². The molecular weight excluding hydrogens is 350 g/mol. The standard InChI is InChI=1S/C19H19N3O3S/c20-26(24,25)17-10-8-15(9-11-17)14-21-19(23)18(22-12-4-5-13-22)16-6-2-1-3-7-16/h1-13,18H,14H2,(H,21,23)(H2,20,24,25)/t18-/m0/s1. The maximum Gasteiger partial charge on any atom is 0.247 e. The van der Waals surface area contributed by atoms with Gasteiger partial charge < -0.3 is 9.88 Å². The Hall–Kier alpha value is -2.90. The van der Waals surface area contributed by atoms with E-state index in [2.05, 4.69) is 5.32 Å². The Balaban J connectivity index is 1.75. The quantitative estimate of drug-likeness (QED) is 0.696. The molecule has 0 saturated heterocycles. The summed E-state index contributed by atoms with van der Waals surface area (Å²) in [4.78, 5) is 12.8. The minimum absolute atomic E-state index is 0.0436. The third kappa shape index (κ3) is 4.19. The van der Waals surface area contributed by atoms with Crippen molar-refractivity contribution in [3.8, 4) is 0 Å². The number of primary sulfonamides is 1. The van der Waals surface area contributed by atoms with Crippen molar-refractivity contribution in [1.29, 1.82) is 0 Å². The summed E-state index contributed by atoms with van der Waals surface area (Å²) < 4.78 is 24.4. The van der Waals surface area contributed by atoms with Gasteiger partial charge in [-0.2, -0.15) is 0 Å². The zero-order chi connectivity index (χ0) is 18.6. The first-order chi connectivity index (χ1) is 12.4. The molecule has 134 valence electrons. The van der Waals surface area contributed by atoms with E-state index in [4.69, 9.17) is 5.14 Å². The number of carbonyl (C=O) groups excluding carboxylic acids is 1. The Bertz CT molecular complexity index is 967. The van der Waals surface area contributed by atoms with Gasteiger partial charge in [0.2, 0.25) is 15.9 Å². The Morgan fingerprint density at radius 2 is 1.58 bits per heavy atom. The van der Waals surface area contributed by atoms with Crippen LogP contribution in [-0.4, -0.2) is 18.9 Å². The Morgan fingerprint density at radius 3 is 2.15 bits per heavy atom. The molecule has 0 aliphatic heterocycles. The predicted molar refractivity (Wildman–Crippen MR) is 98.7 cm³/mol. The average molecular weight is 369 g/mol. The highest BCUT2D eigenvalue weighted by atomic mass is 32.2. The van der Waals surface area contributed by atoms with E-state index < -0.39 is 16.1 Å². The van der Waals surface area contributed by atoms with Gasteiger partial charge in [-0.25, -0.2) is 13.6 Å². The largest absolute Gasteiger partial charge is 0.350 e. The number of nitrogens with zero attached hydrogens (tertiary/aromatic N) is 1. The topological polar surface area (TPSA) is 94.2 Å². The second-order valence-electron chi connectivity index (χ2n) is 5.85. The van der Waals surface area contributed by atoms with Gasteiger partial charge in [0.25, 0.3) is 0 Å². The van der Waals surface area contributed by atoms with E-state index in [1.54, 1.807) is 12.1 Å². The van der Waals surface area contributed by atoms with Crippen molar-refractivity contribution in [2.24, 2.45) is 5.14 Å². The highest BCUT2D eigenvalue weighted by molar-refractivity contribution is 7.89. The number of hydrogen-bond donors (Lipinski definition) is 2. The van der Waals surface area contributed by atoms with Gasteiger partial charge in [0.05, 0.1) is 4.90 Å². The molecule has 1 amide bonds. The first-order valence-electron chi connectivity index (χ1n) is 8.02. The van der Waals surface area contributed by atoms with Gasteiger partial charge in [-0.05, 0) is 35.4 Å². The fraction of sp³-hybridized carbons (Fsp3) is 0.105. The monoisotopic (exact) mass is 369 g/mol. The van der Waals surface area contributed by atoms with Crippen LogP contribution in [0, 0.1) is 0 Å². The van der Waals surface area contributed by atoms with Gasteiger partial charge in [-0.1, -0.05) is 42.5 Å². The molecule has 1 atom stereocenters. The van der Waals surface area contributed by atoms with Crippen LogP contribution >= 0.6 is 0 Å². The highest BCUT2D eigenvalue weighted by Crippen LogP contribution is 2.19. The smallest absolute Gasteiger partial charge is 0.247 e. The molecule has 0 radical (unpaired) electrons. The van der Waals surface area contributed by atoms with Crippen molar-refractivity contribution in [2.75, 3.05) is 0 Å². The van der Waals surface area contributed by atoms with E-state index in [1.165, 1.54) is 12.1 Å². The molecule has 0 bridgehead atoms. The number of sulfonamides is 1. The molecule has 26 heavy (non-hydrogen) atoms. The molecule has 0 aliphatic rings. The zero-order valence-electron chi connectivity index (χ0n) is 13.9. The summed E-state index contributed by atoms with van der Waals surface area (Å²) in [5.41, 5.74) is 1.66. The zero-order valence-corrected chi connectivity index (χ0v) is 14.8. The molecule has 6 nitrogen and oxygen atoms in total. The summed E-state index contributed by atoms with van der Waals surface area (Å²) in [5, 5.41) is 7.99. The summed E-state index contributed by atoms with van der Waals surface area (Å²) in [6, 6.07) is 18.9. The lowest BCUT2D eigenvalue weighted by Gasteiger charge is -2.19. The molecule has 7 heteroatoms. The van der Waals surface area contributed by atoms with Crippen molar-refractivity contribution in [1.82, 2.24) is 9.88 Å². The van der Waals surface area contributed by atoms with E-state index in [9.17, 15) is 13.2 Å². The number of amides is 1. The molecule has 3 N–H and O–H groups in total. The van der Waals surface area contributed by atoms with Crippen LogP contribution in [0.5, 0.6) is 0 Å². The van der Waals surface area contributed by atoms with Crippen LogP contribution in [0.25, 0.3) is 0 Å². The molecule has 1 aromatic heterocycles. The Labute approximate surface area is 152 Å².